The zero-order valence-corrected chi connectivity index (χ0v) is 20.8. The van der Waals surface area contributed by atoms with Gasteiger partial charge in [0.05, 0.1) is 25.3 Å². The molecule has 1 atom stereocenters. The maximum Gasteiger partial charge on any atom is 0.306 e. The number of carbonyl (C=O) groups is 1. The van der Waals surface area contributed by atoms with Gasteiger partial charge in [0.1, 0.15) is 10.8 Å². The van der Waals surface area contributed by atoms with Crippen LogP contribution in [0.3, 0.4) is 0 Å². The van der Waals surface area contributed by atoms with E-state index in [0.717, 1.165) is 35.7 Å². The molecule has 0 unspecified atom stereocenters. The van der Waals surface area contributed by atoms with Gasteiger partial charge >= 0.3 is 5.97 Å². The Labute approximate surface area is 201 Å². The largest absolute Gasteiger partial charge is 0.493 e. The van der Waals surface area contributed by atoms with Crippen LogP contribution >= 0.6 is 11.3 Å². The van der Waals surface area contributed by atoms with E-state index in [1.165, 1.54) is 27.1 Å². The molecule has 4 nitrogen and oxygen atoms in total. The predicted molar refractivity (Wildman–Crippen MR) is 134 cm³/mol. The lowest BCUT2D eigenvalue weighted by Gasteiger charge is -2.12. The summed E-state index contributed by atoms with van der Waals surface area (Å²) >= 11 is 1.75. The average Bonchev–Trinajstić information content (AvgIpc) is 3.37. The summed E-state index contributed by atoms with van der Waals surface area (Å²) in [5, 5.41) is 1.07. The Hall–Kier alpha value is -2.66. The maximum atomic E-state index is 11.9. The number of nitrogens with zero attached hydrogens (tertiary/aromatic N) is 1. The van der Waals surface area contributed by atoms with Crippen LogP contribution in [0.25, 0.3) is 10.6 Å². The van der Waals surface area contributed by atoms with Crippen molar-refractivity contribution in [2.45, 2.75) is 65.2 Å². The number of thiazole rings is 1. The van der Waals surface area contributed by atoms with Crippen molar-refractivity contribution in [2.75, 3.05) is 13.2 Å². The van der Waals surface area contributed by atoms with Gasteiger partial charge in [0, 0.05) is 16.9 Å². The molecule has 0 spiro atoms. The molecule has 0 bridgehead atoms. The highest BCUT2D eigenvalue weighted by molar-refractivity contribution is 7.15. The fourth-order valence-corrected chi connectivity index (χ4v) is 5.43. The Morgan fingerprint density at radius 1 is 1.18 bits per heavy atom. The first-order valence-corrected chi connectivity index (χ1v) is 12.7. The summed E-state index contributed by atoms with van der Waals surface area (Å²) in [6.45, 7) is 9.45. The van der Waals surface area contributed by atoms with E-state index in [1.54, 1.807) is 11.3 Å². The van der Waals surface area contributed by atoms with Crippen LogP contribution < -0.4 is 4.74 Å². The fourth-order valence-electron chi connectivity index (χ4n) is 4.46. The molecule has 0 aliphatic heterocycles. The van der Waals surface area contributed by atoms with Crippen molar-refractivity contribution in [1.29, 1.82) is 0 Å². The molecule has 33 heavy (non-hydrogen) atoms. The van der Waals surface area contributed by atoms with Crippen molar-refractivity contribution < 1.29 is 14.3 Å². The van der Waals surface area contributed by atoms with Crippen LogP contribution in [0.15, 0.2) is 42.5 Å². The molecule has 1 aromatic heterocycles. The van der Waals surface area contributed by atoms with Gasteiger partial charge < -0.3 is 9.47 Å². The molecule has 0 radical (unpaired) electrons. The maximum absolute atomic E-state index is 11.9. The Balaban J connectivity index is 1.34. The van der Waals surface area contributed by atoms with Crippen LogP contribution in [0.2, 0.25) is 0 Å². The van der Waals surface area contributed by atoms with Crippen LogP contribution in [0.1, 0.15) is 72.7 Å². The van der Waals surface area contributed by atoms with Crippen LogP contribution in [0, 0.1) is 6.92 Å². The third kappa shape index (κ3) is 5.64. The molecule has 0 N–H and O–H groups in total. The van der Waals surface area contributed by atoms with E-state index in [-0.39, 0.29) is 11.9 Å². The van der Waals surface area contributed by atoms with Gasteiger partial charge in [-0.2, -0.15) is 0 Å². The minimum atomic E-state index is -0.107. The van der Waals surface area contributed by atoms with E-state index in [1.807, 2.05) is 13.0 Å². The minimum absolute atomic E-state index is 0.107. The smallest absolute Gasteiger partial charge is 0.306 e. The highest BCUT2D eigenvalue weighted by atomic mass is 32.1. The highest BCUT2D eigenvalue weighted by Gasteiger charge is 2.25. The molecule has 5 heteroatoms. The standard InChI is InChI=1S/C28H33NO3S/c1-5-31-27(30)17-23-11-10-22-16-24(12-13-25(22)23)32-15-14-26-19(4)33-28(29-26)21-8-6-20(7-9-21)18(2)3/h6-9,12-13,16,18,23H,5,10-11,14-15,17H2,1-4H3/t23-/m0/s1. The van der Waals surface area contributed by atoms with E-state index < -0.39 is 0 Å². The Kier molecular flexibility index (Phi) is 7.49. The summed E-state index contributed by atoms with van der Waals surface area (Å²) in [5.74, 6) is 1.58. The van der Waals surface area contributed by atoms with E-state index >= 15 is 0 Å². The molecule has 4 rings (SSSR count). The molecule has 0 amide bonds. The Morgan fingerprint density at radius 2 is 1.97 bits per heavy atom. The molecule has 0 saturated carbocycles. The molecule has 2 aromatic carbocycles. The zero-order chi connectivity index (χ0) is 23.4. The third-order valence-electron chi connectivity index (χ3n) is 6.36. The number of benzene rings is 2. The Morgan fingerprint density at radius 3 is 2.70 bits per heavy atom. The van der Waals surface area contributed by atoms with Crippen molar-refractivity contribution in [2.24, 2.45) is 0 Å². The number of rotatable bonds is 9. The van der Waals surface area contributed by atoms with Crippen molar-refractivity contribution in [3.63, 3.8) is 0 Å². The average molecular weight is 464 g/mol. The lowest BCUT2D eigenvalue weighted by molar-refractivity contribution is -0.143. The first kappa shape index (κ1) is 23.5. The van der Waals surface area contributed by atoms with Crippen molar-refractivity contribution >= 4 is 17.3 Å². The summed E-state index contributed by atoms with van der Waals surface area (Å²) < 4.78 is 11.2. The van der Waals surface area contributed by atoms with E-state index in [2.05, 4.69) is 57.2 Å². The van der Waals surface area contributed by atoms with E-state index in [4.69, 9.17) is 14.5 Å². The summed E-state index contributed by atoms with van der Waals surface area (Å²) in [5.41, 5.74) is 6.19. The summed E-state index contributed by atoms with van der Waals surface area (Å²) in [6.07, 6.45) is 3.24. The lowest BCUT2D eigenvalue weighted by Crippen LogP contribution is -2.08. The van der Waals surface area contributed by atoms with E-state index in [0.29, 0.717) is 25.6 Å². The van der Waals surface area contributed by atoms with Gasteiger partial charge in [-0.05, 0) is 67.3 Å². The van der Waals surface area contributed by atoms with Crippen LogP contribution in [-0.4, -0.2) is 24.2 Å². The number of carbonyl (C=O) groups excluding carboxylic acids is 1. The SMILES string of the molecule is CCOC(=O)C[C@@H]1CCc2cc(OCCc3nc(-c4ccc(C(C)C)cc4)sc3C)ccc21. The van der Waals surface area contributed by atoms with Crippen molar-refractivity contribution in [3.8, 4) is 16.3 Å². The van der Waals surface area contributed by atoms with Gasteiger partial charge in [0.15, 0.2) is 0 Å². The number of aryl methyl sites for hydroxylation is 2. The van der Waals surface area contributed by atoms with Gasteiger partial charge in [-0.3, -0.25) is 4.79 Å². The first-order valence-electron chi connectivity index (χ1n) is 11.9. The molecule has 0 saturated heterocycles. The normalized spacial score (nSPS) is 15.0. The number of fused-ring (bicyclic) bond motifs is 1. The molecule has 0 fully saturated rings. The van der Waals surface area contributed by atoms with Gasteiger partial charge in [0.2, 0.25) is 0 Å². The second-order valence-corrected chi connectivity index (χ2v) is 10.2. The number of aromatic nitrogens is 1. The van der Waals surface area contributed by atoms with E-state index in [9.17, 15) is 4.79 Å². The second kappa shape index (κ2) is 10.5. The molecule has 3 aromatic rings. The predicted octanol–water partition coefficient (Wildman–Crippen LogP) is 6.85. The number of hydrogen-bond donors (Lipinski definition) is 0. The molecule has 1 aliphatic rings. The van der Waals surface area contributed by atoms with Crippen molar-refractivity contribution in [3.05, 3.63) is 69.7 Å². The first-order chi connectivity index (χ1) is 15.9. The lowest BCUT2D eigenvalue weighted by atomic mass is 9.98. The van der Waals surface area contributed by atoms with Gasteiger partial charge in [0.25, 0.3) is 0 Å². The second-order valence-electron chi connectivity index (χ2n) is 9.00. The van der Waals surface area contributed by atoms with Gasteiger partial charge in [-0.25, -0.2) is 4.98 Å². The monoisotopic (exact) mass is 463 g/mol. The fraction of sp³-hybridized carbons (Fsp3) is 0.429. The van der Waals surface area contributed by atoms with Gasteiger partial charge in [-0.1, -0.05) is 44.2 Å². The number of hydrogen-bond acceptors (Lipinski definition) is 5. The molecule has 1 heterocycles. The topological polar surface area (TPSA) is 48.4 Å². The van der Waals surface area contributed by atoms with Crippen LogP contribution in [0.4, 0.5) is 0 Å². The summed E-state index contributed by atoms with van der Waals surface area (Å²) in [6, 6.07) is 15.0. The zero-order valence-electron chi connectivity index (χ0n) is 20.0. The van der Waals surface area contributed by atoms with Gasteiger partial charge in [-0.15, -0.1) is 11.3 Å². The van der Waals surface area contributed by atoms with Crippen LogP contribution in [-0.2, 0) is 22.4 Å². The molecular weight excluding hydrogens is 430 g/mol. The Bertz CT molecular complexity index is 1100. The third-order valence-corrected chi connectivity index (χ3v) is 7.42. The summed E-state index contributed by atoms with van der Waals surface area (Å²) in [4.78, 5) is 18.0. The number of esters is 1. The molecular formula is C28H33NO3S. The van der Waals surface area contributed by atoms with Crippen LogP contribution in [0.5, 0.6) is 5.75 Å². The highest BCUT2D eigenvalue weighted by Crippen LogP contribution is 2.37. The number of ether oxygens (including phenoxy) is 2. The quantitative estimate of drug-likeness (QED) is 0.326. The minimum Gasteiger partial charge on any atom is -0.493 e. The summed E-state index contributed by atoms with van der Waals surface area (Å²) in [7, 11) is 0. The molecule has 174 valence electrons. The molecule has 1 aliphatic carbocycles. The van der Waals surface area contributed by atoms with Crippen molar-refractivity contribution in [1.82, 2.24) is 4.98 Å².